The van der Waals surface area contributed by atoms with E-state index in [2.05, 4.69) is 5.32 Å². The van der Waals surface area contributed by atoms with Gasteiger partial charge in [-0.05, 0) is 24.8 Å². The minimum Gasteiger partial charge on any atom is -0.600 e. The molecule has 0 aromatic heterocycles. The minimum atomic E-state index is -1.40. The number of carbonyl (C=O) groups is 1. The summed E-state index contributed by atoms with van der Waals surface area (Å²) in [5.74, 6) is -0.538. The molecule has 15 heavy (non-hydrogen) atoms. The Labute approximate surface area is 88.4 Å². The lowest BCUT2D eigenvalue weighted by molar-refractivity contribution is -0.596. The van der Waals surface area contributed by atoms with Gasteiger partial charge in [-0.3, -0.25) is 4.79 Å². The zero-order valence-electron chi connectivity index (χ0n) is 8.77. The Bertz CT molecular complexity index is 253. The first-order valence-electron chi connectivity index (χ1n) is 5.22. The van der Waals surface area contributed by atoms with Gasteiger partial charge in [0.05, 0.1) is 0 Å². The van der Waals surface area contributed by atoms with Crippen molar-refractivity contribution in [1.82, 2.24) is 5.32 Å². The first-order valence-corrected chi connectivity index (χ1v) is 5.22. The van der Waals surface area contributed by atoms with Crippen LogP contribution in [0.4, 0.5) is 0 Å². The summed E-state index contributed by atoms with van der Waals surface area (Å²) < 4.78 is 0. The molecule has 1 fully saturated rings. The van der Waals surface area contributed by atoms with Gasteiger partial charge in [-0.15, -0.1) is 0 Å². The third-order valence-electron chi connectivity index (χ3n) is 2.44. The first kappa shape index (κ1) is 11.9. The van der Waals surface area contributed by atoms with E-state index in [0.29, 0.717) is 12.8 Å². The molecule has 0 aromatic carbocycles. The molecule has 0 aromatic rings. The quantitative estimate of drug-likeness (QED) is 0.338. The molecule has 1 saturated carbocycles. The van der Waals surface area contributed by atoms with E-state index < -0.39 is 18.1 Å². The maximum atomic E-state index is 11.4. The summed E-state index contributed by atoms with van der Waals surface area (Å²) >= 11 is 0. The fourth-order valence-corrected chi connectivity index (χ4v) is 1.39. The number of hydrogen-bond acceptors (Lipinski definition) is 4. The van der Waals surface area contributed by atoms with Gasteiger partial charge in [0.2, 0.25) is 6.04 Å². The molecule has 2 atom stereocenters. The largest absolute Gasteiger partial charge is 0.600 e. The van der Waals surface area contributed by atoms with Crippen LogP contribution in [0.5, 0.6) is 0 Å². The molecule has 3 N–H and O–H groups in total. The van der Waals surface area contributed by atoms with E-state index in [1.807, 2.05) is 6.92 Å². The summed E-state index contributed by atoms with van der Waals surface area (Å²) in [5, 5.41) is 23.0. The molecule has 0 bridgehead atoms. The van der Waals surface area contributed by atoms with Gasteiger partial charge in [0.15, 0.2) is 6.10 Å². The van der Waals surface area contributed by atoms with Gasteiger partial charge in [0.1, 0.15) is 0 Å². The van der Waals surface area contributed by atoms with E-state index in [1.54, 1.807) is 0 Å². The Morgan fingerprint density at radius 2 is 2.33 bits per heavy atom. The molecule has 6 nitrogen and oxygen atoms in total. The fraction of sp³-hybridized carbons (Fsp3) is 0.889. The predicted molar refractivity (Wildman–Crippen MR) is 52.2 cm³/mol. The summed E-state index contributed by atoms with van der Waals surface area (Å²) in [7, 11) is 0. The number of rotatable bonds is 6. The summed E-state index contributed by atoms with van der Waals surface area (Å²) in [4.78, 5) is 11.3. The van der Waals surface area contributed by atoms with Gasteiger partial charge in [0.25, 0.3) is 5.91 Å². The zero-order chi connectivity index (χ0) is 11.4. The third-order valence-corrected chi connectivity index (χ3v) is 2.44. The van der Waals surface area contributed by atoms with Crippen molar-refractivity contribution in [3.8, 4) is 0 Å². The summed E-state index contributed by atoms with van der Waals surface area (Å²) in [6.45, 7) is 1.84. The molecule has 6 heteroatoms. The Morgan fingerprint density at radius 3 is 2.73 bits per heavy atom. The number of amides is 1. The maximum absolute atomic E-state index is 11.4. The molecule has 0 heterocycles. The van der Waals surface area contributed by atoms with Crippen LogP contribution in [0, 0.1) is 10.7 Å². The number of nitrogens with one attached hydrogen (secondary N) is 2. The number of aliphatic hydroxyl groups excluding tert-OH is 1. The van der Waals surface area contributed by atoms with Crippen LogP contribution in [0.25, 0.3) is 0 Å². The SMILES string of the molecule is CCC[C@@H](C(O)C(=O)NC1CC1)[N+](=N)[O-]. The molecule has 0 radical (unpaired) electrons. The van der Waals surface area contributed by atoms with Gasteiger partial charge in [0, 0.05) is 12.5 Å². The average molecular weight is 215 g/mol. The molecule has 1 aliphatic carbocycles. The third kappa shape index (κ3) is 3.47. The van der Waals surface area contributed by atoms with Crippen LogP contribution in [-0.2, 0) is 4.79 Å². The lowest BCUT2D eigenvalue weighted by atomic mass is 10.1. The maximum Gasteiger partial charge on any atom is 0.256 e. The van der Waals surface area contributed by atoms with Crippen molar-refractivity contribution >= 4 is 5.91 Å². The van der Waals surface area contributed by atoms with Crippen LogP contribution < -0.4 is 5.32 Å². The van der Waals surface area contributed by atoms with Crippen molar-refractivity contribution in [3.63, 3.8) is 0 Å². The minimum absolute atomic E-state index is 0.0827. The van der Waals surface area contributed by atoms with Gasteiger partial charge < -0.3 is 15.6 Å². The Morgan fingerprint density at radius 1 is 1.73 bits per heavy atom. The molecule has 0 aliphatic heterocycles. The Kier molecular flexibility index (Phi) is 4.02. The molecule has 0 spiro atoms. The zero-order valence-corrected chi connectivity index (χ0v) is 8.77. The van der Waals surface area contributed by atoms with E-state index in [-0.39, 0.29) is 10.9 Å². The van der Waals surface area contributed by atoms with E-state index in [1.165, 1.54) is 0 Å². The van der Waals surface area contributed by atoms with Crippen molar-refractivity contribution in [2.45, 2.75) is 50.8 Å². The number of nitrogens with zero attached hydrogens (tertiary/aromatic N) is 1. The number of aliphatic hydroxyl groups is 1. The lowest BCUT2D eigenvalue weighted by Crippen LogP contribution is -2.46. The highest BCUT2D eigenvalue weighted by molar-refractivity contribution is 5.81. The van der Waals surface area contributed by atoms with Crippen LogP contribution >= 0.6 is 0 Å². The second-order valence-electron chi connectivity index (χ2n) is 3.91. The smallest absolute Gasteiger partial charge is 0.256 e. The standard InChI is InChI=1S/C9H17N3O3/c1-2-3-7(12(10)15)8(13)9(14)11-6-4-5-6/h6-8,10,13H,2-5H2,1H3,(H,11,14)/t7-,8?/m0/s1. The van der Waals surface area contributed by atoms with Gasteiger partial charge in [-0.25, -0.2) is 0 Å². The van der Waals surface area contributed by atoms with Gasteiger partial charge in [-0.1, -0.05) is 11.8 Å². The summed E-state index contributed by atoms with van der Waals surface area (Å²) in [6, 6.07) is -0.811. The lowest BCUT2D eigenvalue weighted by Gasteiger charge is -2.17. The van der Waals surface area contributed by atoms with Gasteiger partial charge >= 0.3 is 0 Å². The normalized spacial score (nSPS) is 19.3. The van der Waals surface area contributed by atoms with E-state index >= 15 is 0 Å². The van der Waals surface area contributed by atoms with Crippen molar-refractivity contribution in [1.29, 1.82) is 5.53 Å². The highest BCUT2D eigenvalue weighted by Crippen LogP contribution is 2.19. The molecule has 1 rings (SSSR count). The van der Waals surface area contributed by atoms with Crippen LogP contribution in [0.3, 0.4) is 0 Å². The van der Waals surface area contributed by atoms with Crippen molar-refractivity contribution < 1.29 is 14.8 Å². The van der Waals surface area contributed by atoms with Crippen molar-refractivity contribution in [3.05, 3.63) is 5.21 Å². The Hall–Kier alpha value is -1.17. The number of carbonyl (C=O) groups excluding carboxylic acids is 1. The van der Waals surface area contributed by atoms with Gasteiger partial charge in [-0.2, -0.15) is 0 Å². The molecular formula is C9H17N3O3. The molecule has 86 valence electrons. The van der Waals surface area contributed by atoms with Crippen molar-refractivity contribution in [2.24, 2.45) is 0 Å². The van der Waals surface area contributed by atoms with Crippen LogP contribution in [0.15, 0.2) is 0 Å². The van der Waals surface area contributed by atoms with E-state index in [9.17, 15) is 15.1 Å². The predicted octanol–water partition coefficient (Wildman–Crippen LogP) is 0.336. The van der Waals surface area contributed by atoms with Crippen LogP contribution in [0.2, 0.25) is 0 Å². The molecule has 1 amide bonds. The van der Waals surface area contributed by atoms with Crippen LogP contribution in [-0.4, -0.2) is 34.1 Å². The summed E-state index contributed by atoms with van der Waals surface area (Å²) in [5.41, 5.74) is 6.90. The fourth-order valence-electron chi connectivity index (χ4n) is 1.39. The number of hydroxylamine groups is 1. The Balaban J connectivity index is 2.48. The monoisotopic (exact) mass is 215 g/mol. The number of hydrogen-bond donors (Lipinski definition) is 3. The average Bonchev–Trinajstić information content (AvgIpc) is 2.96. The topological polar surface area (TPSA) is 99.2 Å². The highest BCUT2D eigenvalue weighted by atomic mass is 16.5. The molecule has 1 aliphatic rings. The van der Waals surface area contributed by atoms with Crippen molar-refractivity contribution in [2.75, 3.05) is 0 Å². The summed E-state index contributed by atoms with van der Waals surface area (Å²) in [6.07, 6.45) is 1.44. The molecular weight excluding hydrogens is 198 g/mol. The second kappa shape index (κ2) is 5.06. The first-order chi connectivity index (χ1) is 7.06. The van der Waals surface area contributed by atoms with E-state index in [4.69, 9.17) is 5.53 Å². The van der Waals surface area contributed by atoms with Crippen LogP contribution in [0.1, 0.15) is 32.6 Å². The molecule has 1 unspecified atom stereocenters. The van der Waals surface area contributed by atoms with E-state index in [0.717, 1.165) is 12.8 Å². The second-order valence-corrected chi connectivity index (χ2v) is 3.91. The molecule has 0 saturated heterocycles. The highest BCUT2D eigenvalue weighted by Gasteiger charge is 2.35.